The molecule has 0 saturated heterocycles. The Labute approximate surface area is 127 Å². The summed E-state index contributed by atoms with van der Waals surface area (Å²) in [5.74, 6) is 0.428. The SMILES string of the molecule is CNc1cc(C(F)(F)F)cc(Oc2cccc(I)c2)n1. The summed E-state index contributed by atoms with van der Waals surface area (Å²) in [4.78, 5) is 3.95. The minimum atomic E-state index is -4.45. The lowest BCUT2D eigenvalue weighted by Crippen LogP contribution is -2.07. The average molecular weight is 394 g/mol. The second kappa shape index (κ2) is 5.86. The molecular formula is C13H10F3IN2O. The molecule has 0 aliphatic heterocycles. The van der Waals surface area contributed by atoms with Crippen molar-refractivity contribution >= 4 is 28.4 Å². The van der Waals surface area contributed by atoms with Crippen LogP contribution in [0, 0.1) is 3.57 Å². The van der Waals surface area contributed by atoms with Crippen molar-refractivity contribution in [3.63, 3.8) is 0 Å². The van der Waals surface area contributed by atoms with E-state index in [-0.39, 0.29) is 11.7 Å². The highest BCUT2D eigenvalue weighted by Gasteiger charge is 2.32. The molecule has 0 fully saturated rings. The molecule has 1 aromatic carbocycles. The molecule has 0 bridgehead atoms. The maximum absolute atomic E-state index is 12.8. The van der Waals surface area contributed by atoms with Gasteiger partial charge in [0.1, 0.15) is 11.6 Å². The zero-order valence-corrected chi connectivity index (χ0v) is 12.5. The third kappa shape index (κ3) is 3.75. The van der Waals surface area contributed by atoms with Gasteiger partial charge in [0, 0.05) is 16.7 Å². The number of nitrogens with zero attached hydrogens (tertiary/aromatic N) is 1. The first kappa shape index (κ1) is 14.9. The first-order valence-corrected chi connectivity index (χ1v) is 6.67. The summed E-state index contributed by atoms with van der Waals surface area (Å²) < 4.78 is 44.6. The molecule has 0 spiro atoms. The van der Waals surface area contributed by atoms with E-state index in [4.69, 9.17) is 4.74 Å². The van der Waals surface area contributed by atoms with Gasteiger partial charge in [0.15, 0.2) is 0 Å². The number of halogens is 4. The van der Waals surface area contributed by atoms with Crippen LogP contribution in [0.3, 0.4) is 0 Å². The van der Waals surface area contributed by atoms with E-state index in [0.29, 0.717) is 5.75 Å². The lowest BCUT2D eigenvalue weighted by atomic mass is 10.2. The molecule has 1 N–H and O–H groups in total. The zero-order chi connectivity index (χ0) is 14.8. The summed E-state index contributed by atoms with van der Waals surface area (Å²) in [7, 11) is 1.50. The van der Waals surface area contributed by atoms with Crippen LogP contribution in [0.5, 0.6) is 11.6 Å². The summed E-state index contributed by atoms with van der Waals surface area (Å²) in [6, 6.07) is 8.78. The summed E-state index contributed by atoms with van der Waals surface area (Å²) in [5, 5.41) is 2.58. The van der Waals surface area contributed by atoms with E-state index in [2.05, 4.69) is 32.9 Å². The Morgan fingerprint density at radius 1 is 1.20 bits per heavy atom. The van der Waals surface area contributed by atoms with Crippen molar-refractivity contribution in [3.05, 3.63) is 45.5 Å². The normalized spacial score (nSPS) is 11.2. The molecule has 106 valence electrons. The molecule has 0 unspecified atom stereocenters. The zero-order valence-electron chi connectivity index (χ0n) is 10.3. The fourth-order valence-corrected chi connectivity index (χ4v) is 2.02. The van der Waals surface area contributed by atoms with Gasteiger partial charge in [-0.1, -0.05) is 6.07 Å². The van der Waals surface area contributed by atoms with Crippen LogP contribution in [-0.4, -0.2) is 12.0 Å². The van der Waals surface area contributed by atoms with Crippen molar-refractivity contribution in [2.75, 3.05) is 12.4 Å². The molecule has 0 aliphatic rings. The minimum Gasteiger partial charge on any atom is -0.439 e. The second-order valence-corrected chi connectivity index (χ2v) is 5.13. The number of aromatic nitrogens is 1. The lowest BCUT2D eigenvalue weighted by Gasteiger charge is -2.12. The molecule has 0 radical (unpaired) electrons. The fourth-order valence-electron chi connectivity index (χ4n) is 1.50. The van der Waals surface area contributed by atoms with Crippen LogP contribution in [0.15, 0.2) is 36.4 Å². The third-order valence-electron chi connectivity index (χ3n) is 2.40. The Hall–Kier alpha value is -1.51. The van der Waals surface area contributed by atoms with E-state index in [9.17, 15) is 13.2 Å². The van der Waals surface area contributed by atoms with E-state index in [1.54, 1.807) is 18.2 Å². The van der Waals surface area contributed by atoms with E-state index < -0.39 is 11.7 Å². The second-order valence-electron chi connectivity index (χ2n) is 3.89. The van der Waals surface area contributed by atoms with Gasteiger partial charge in [0.2, 0.25) is 5.88 Å². The van der Waals surface area contributed by atoms with Crippen molar-refractivity contribution < 1.29 is 17.9 Å². The van der Waals surface area contributed by atoms with Crippen molar-refractivity contribution in [3.8, 4) is 11.6 Å². The van der Waals surface area contributed by atoms with Gasteiger partial charge < -0.3 is 10.1 Å². The van der Waals surface area contributed by atoms with Crippen LogP contribution < -0.4 is 10.1 Å². The predicted octanol–water partition coefficient (Wildman–Crippen LogP) is 4.54. The number of rotatable bonds is 3. The monoisotopic (exact) mass is 394 g/mol. The Kier molecular flexibility index (Phi) is 4.36. The van der Waals surface area contributed by atoms with E-state index in [1.807, 2.05) is 6.07 Å². The van der Waals surface area contributed by atoms with E-state index >= 15 is 0 Å². The average Bonchev–Trinajstić information content (AvgIpc) is 2.37. The summed E-state index contributed by atoms with van der Waals surface area (Å²) in [6.45, 7) is 0. The Morgan fingerprint density at radius 3 is 2.55 bits per heavy atom. The number of alkyl halides is 3. The molecule has 2 rings (SSSR count). The van der Waals surface area contributed by atoms with Gasteiger partial charge in [-0.2, -0.15) is 18.2 Å². The molecule has 0 saturated carbocycles. The first-order chi connectivity index (χ1) is 9.38. The maximum atomic E-state index is 12.8. The quantitative estimate of drug-likeness (QED) is 0.777. The highest BCUT2D eigenvalue weighted by molar-refractivity contribution is 14.1. The molecule has 7 heteroatoms. The molecule has 1 aromatic heterocycles. The fraction of sp³-hybridized carbons (Fsp3) is 0.154. The number of benzene rings is 1. The molecular weight excluding hydrogens is 384 g/mol. The van der Waals surface area contributed by atoms with Crippen LogP contribution in [-0.2, 0) is 6.18 Å². The Balaban J connectivity index is 2.36. The maximum Gasteiger partial charge on any atom is 0.416 e. The number of ether oxygens (including phenoxy) is 1. The number of hydrogen-bond donors (Lipinski definition) is 1. The first-order valence-electron chi connectivity index (χ1n) is 5.59. The van der Waals surface area contributed by atoms with E-state index in [1.165, 1.54) is 7.05 Å². The molecule has 0 atom stereocenters. The van der Waals surface area contributed by atoms with Gasteiger partial charge >= 0.3 is 6.18 Å². The highest BCUT2D eigenvalue weighted by atomic mass is 127. The van der Waals surface area contributed by atoms with Gasteiger partial charge in [-0.25, -0.2) is 0 Å². The molecule has 0 amide bonds. The topological polar surface area (TPSA) is 34.1 Å². The standard InChI is InChI=1S/C13H10F3IN2O/c1-18-11-5-8(13(14,15)16)6-12(19-11)20-10-4-2-3-9(17)7-10/h2-7H,1H3,(H,18,19). The molecule has 3 nitrogen and oxygen atoms in total. The van der Waals surface area contributed by atoms with Gasteiger partial charge in [-0.15, -0.1) is 0 Å². The smallest absolute Gasteiger partial charge is 0.416 e. The Bertz CT molecular complexity index is 617. The predicted molar refractivity (Wildman–Crippen MR) is 78.0 cm³/mol. The summed E-state index contributed by atoms with van der Waals surface area (Å²) in [6.07, 6.45) is -4.45. The number of anilines is 1. The van der Waals surface area contributed by atoms with Crippen LogP contribution in [0.4, 0.5) is 19.0 Å². The van der Waals surface area contributed by atoms with Crippen LogP contribution in [0.25, 0.3) is 0 Å². The van der Waals surface area contributed by atoms with Gasteiger partial charge in [0.05, 0.1) is 5.56 Å². The Morgan fingerprint density at radius 2 is 1.95 bits per heavy atom. The van der Waals surface area contributed by atoms with Crippen molar-refractivity contribution in [1.82, 2.24) is 4.98 Å². The van der Waals surface area contributed by atoms with Crippen LogP contribution in [0.2, 0.25) is 0 Å². The molecule has 20 heavy (non-hydrogen) atoms. The van der Waals surface area contributed by atoms with Gasteiger partial charge in [0.25, 0.3) is 0 Å². The minimum absolute atomic E-state index is 0.0976. The largest absolute Gasteiger partial charge is 0.439 e. The molecule has 1 heterocycles. The lowest BCUT2D eigenvalue weighted by molar-refractivity contribution is -0.137. The van der Waals surface area contributed by atoms with Gasteiger partial charge in [-0.05, 0) is 46.9 Å². The van der Waals surface area contributed by atoms with Crippen molar-refractivity contribution in [2.24, 2.45) is 0 Å². The van der Waals surface area contributed by atoms with E-state index in [0.717, 1.165) is 15.7 Å². The third-order valence-corrected chi connectivity index (χ3v) is 3.07. The van der Waals surface area contributed by atoms with Crippen molar-refractivity contribution in [1.29, 1.82) is 0 Å². The number of hydrogen-bond acceptors (Lipinski definition) is 3. The summed E-state index contributed by atoms with van der Waals surface area (Å²) >= 11 is 2.09. The molecule has 0 aliphatic carbocycles. The number of nitrogens with one attached hydrogen (secondary N) is 1. The van der Waals surface area contributed by atoms with Gasteiger partial charge in [-0.3, -0.25) is 0 Å². The summed E-state index contributed by atoms with van der Waals surface area (Å²) in [5.41, 5.74) is -0.808. The van der Waals surface area contributed by atoms with Crippen LogP contribution >= 0.6 is 22.6 Å². The van der Waals surface area contributed by atoms with Crippen molar-refractivity contribution in [2.45, 2.75) is 6.18 Å². The highest BCUT2D eigenvalue weighted by Crippen LogP contribution is 2.33. The van der Waals surface area contributed by atoms with Crippen LogP contribution in [0.1, 0.15) is 5.56 Å². The number of pyridine rings is 1. The molecule has 2 aromatic rings.